The minimum absolute atomic E-state index is 0.00586. The van der Waals surface area contributed by atoms with Crippen LogP contribution in [0.15, 0.2) is 48.5 Å². The Morgan fingerprint density at radius 2 is 1.79 bits per heavy atom. The van der Waals surface area contributed by atoms with Crippen molar-refractivity contribution in [3.63, 3.8) is 0 Å². The highest BCUT2D eigenvalue weighted by atomic mass is 35.5. The minimum atomic E-state index is -0.710. The number of hydrogen-bond acceptors (Lipinski definition) is 5. The zero-order valence-corrected chi connectivity index (χ0v) is 16.1. The number of hydrogen-bond donors (Lipinski definition) is 2. The summed E-state index contributed by atoms with van der Waals surface area (Å²) in [6.45, 7) is 0.0274. The fourth-order valence-electron chi connectivity index (χ4n) is 2.77. The number of carbonyl (C=O) groups excluding carboxylic acids is 4. The zero-order valence-electron chi connectivity index (χ0n) is 15.3. The van der Waals surface area contributed by atoms with Crippen molar-refractivity contribution in [2.75, 3.05) is 18.1 Å². The molecule has 1 fully saturated rings. The zero-order chi connectivity index (χ0) is 20.8. The Morgan fingerprint density at radius 3 is 2.48 bits per heavy atom. The highest BCUT2D eigenvalue weighted by Gasteiger charge is 2.22. The molecule has 0 bridgehead atoms. The first-order chi connectivity index (χ1) is 13.9. The SMILES string of the molecule is O=C(COC(=O)c1cccc(N2CCCC2=O)c1)NNC(=O)c1ccc(Cl)cc1. The molecule has 2 aromatic rings. The topological polar surface area (TPSA) is 105 Å². The normalized spacial score (nSPS) is 13.1. The van der Waals surface area contributed by atoms with Gasteiger partial charge in [-0.15, -0.1) is 0 Å². The number of esters is 1. The molecule has 1 aliphatic rings. The van der Waals surface area contributed by atoms with E-state index in [4.69, 9.17) is 16.3 Å². The third-order valence-corrected chi connectivity index (χ3v) is 4.48. The van der Waals surface area contributed by atoms with Crippen LogP contribution >= 0.6 is 11.6 Å². The summed E-state index contributed by atoms with van der Waals surface area (Å²) in [5.41, 5.74) is 5.52. The molecule has 0 aliphatic carbocycles. The summed E-state index contributed by atoms with van der Waals surface area (Å²) in [7, 11) is 0. The van der Waals surface area contributed by atoms with Crippen molar-refractivity contribution >= 4 is 41.0 Å². The Balaban J connectivity index is 1.48. The van der Waals surface area contributed by atoms with Gasteiger partial charge in [0.2, 0.25) is 5.91 Å². The number of anilines is 1. The van der Waals surface area contributed by atoms with E-state index in [0.29, 0.717) is 29.2 Å². The van der Waals surface area contributed by atoms with Crippen LogP contribution in [0.5, 0.6) is 0 Å². The quantitative estimate of drug-likeness (QED) is 0.574. The van der Waals surface area contributed by atoms with Gasteiger partial charge in [0.15, 0.2) is 6.61 Å². The van der Waals surface area contributed by atoms with Crippen LogP contribution < -0.4 is 15.8 Å². The Bertz CT molecular complexity index is 945. The molecule has 2 N–H and O–H groups in total. The highest BCUT2D eigenvalue weighted by molar-refractivity contribution is 6.30. The first-order valence-corrected chi connectivity index (χ1v) is 9.24. The third kappa shape index (κ3) is 5.32. The number of halogens is 1. The van der Waals surface area contributed by atoms with Crippen LogP contribution in [-0.4, -0.2) is 36.8 Å². The van der Waals surface area contributed by atoms with E-state index in [1.807, 2.05) is 0 Å². The minimum Gasteiger partial charge on any atom is -0.452 e. The predicted octanol–water partition coefficient (Wildman–Crippen LogP) is 2.08. The summed E-state index contributed by atoms with van der Waals surface area (Å²) in [4.78, 5) is 49.3. The van der Waals surface area contributed by atoms with E-state index in [2.05, 4.69) is 10.9 Å². The van der Waals surface area contributed by atoms with Gasteiger partial charge in [0.25, 0.3) is 11.8 Å². The molecule has 1 aliphatic heterocycles. The number of hydrazine groups is 1. The number of amides is 3. The summed E-state index contributed by atoms with van der Waals surface area (Å²) >= 11 is 5.75. The van der Waals surface area contributed by atoms with E-state index in [-0.39, 0.29) is 11.5 Å². The van der Waals surface area contributed by atoms with E-state index in [0.717, 1.165) is 6.42 Å². The second-order valence-corrected chi connectivity index (χ2v) is 6.72. The molecule has 0 atom stereocenters. The van der Waals surface area contributed by atoms with Crippen molar-refractivity contribution in [3.8, 4) is 0 Å². The molecule has 29 heavy (non-hydrogen) atoms. The van der Waals surface area contributed by atoms with E-state index in [1.165, 1.54) is 18.2 Å². The maximum atomic E-state index is 12.2. The summed E-state index contributed by atoms with van der Waals surface area (Å²) in [5, 5.41) is 0.482. The molecule has 3 rings (SSSR count). The smallest absolute Gasteiger partial charge is 0.338 e. The first kappa shape index (κ1) is 20.3. The molecule has 150 valence electrons. The lowest BCUT2D eigenvalue weighted by molar-refractivity contribution is -0.125. The summed E-state index contributed by atoms with van der Waals surface area (Å²) < 4.78 is 4.96. The van der Waals surface area contributed by atoms with Gasteiger partial charge in [-0.3, -0.25) is 25.2 Å². The molecule has 0 saturated carbocycles. The van der Waals surface area contributed by atoms with Crippen LogP contribution in [0.1, 0.15) is 33.6 Å². The van der Waals surface area contributed by atoms with E-state index >= 15 is 0 Å². The second kappa shape index (κ2) is 9.20. The molecule has 1 heterocycles. The van der Waals surface area contributed by atoms with Crippen molar-refractivity contribution in [2.24, 2.45) is 0 Å². The molecule has 3 amide bonds. The molecule has 0 aromatic heterocycles. The molecular formula is C20H18ClN3O5. The molecule has 0 radical (unpaired) electrons. The number of nitrogens with one attached hydrogen (secondary N) is 2. The summed E-state index contributed by atoms with van der Waals surface area (Å²) in [6.07, 6.45) is 1.26. The predicted molar refractivity (Wildman–Crippen MR) is 105 cm³/mol. The Hall–Kier alpha value is -3.39. The molecule has 0 spiro atoms. The van der Waals surface area contributed by atoms with E-state index < -0.39 is 24.4 Å². The first-order valence-electron chi connectivity index (χ1n) is 8.86. The number of rotatable bonds is 5. The van der Waals surface area contributed by atoms with Crippen LogP contribution in [0, 0.1) is 0 Å². The van der Waals surface area contributed by atoms with Gasteiger partial charge in [0, 0.05) is 29.2 Å². The Kier molecular flexibility index (Phi) is 6.46. The van der Waals surface area contributed by atoms with Crippen LogP contribution in [-0.2, 0) is 14.3 Å². The number of benzene rings is 2. The Labute approximate surface area is 171 Å². The lowest BCUT2D eigenvalue weighted by Gasteiger charge is -2.16. The summed E-state index contributed by atoms with van der Waals surface area (Å²) in [6, 6.07) is 12.6. The van der Waals surface area contributed by atoms with Gasteiger partial charge in [-0.2, -0.15) is 0 Å². The lowest BCUT2D eigenvalue weighted by Crippen LogP contribution is -2.43. The molecule has 8 nitrogen and oxygen atoms in total. The van der Waals surface area contributed by atoms with Crippen LogP contribution in [0.25, 0.3) is 0 Å². The Morgan fingerprint density at radius 1 is 1.03 bits per heavy atom. The number of carbonyl (C=O) groups is 4. The third-order valence-electron chi connectivity index (χ3n) is 4.22. The van der Waals surface area contributed by atoms with Gasteiger partial charge < -0.3 is 9.64 Å². The van der Waals surface area contributed by atoms with Gasteiger partial charge in [0.1, 0.15) is 0 Å². The average Bonchev–Trinajstić information content (AvgIpc) is 3.16. The fraction of sp³-hybridized carbons (Fsp3) is 0.200. The van der Waals surface area contributed by atoms with Crippen molar-refractivity contribution < 1.29 is 23.9 Å². The summed E-state index contributed by atoms with van der Waals surface area (Å²) in [5.74, 6) is -1.94. The van der Waals surface area contributed by atoms with Crippen molar-refractivity contribution in [3.05, 3.63) is 64.7 Å². The van der Waals surface area contributed by atoms with Gasteiger partial charge in [-0.25, -0.2) is 4.79 Å². The van der Waals surface area contributed by atoms with Gasteiger partial charge in [-0.1, -0.05) is 17.7 Å². The second-order valence-electron chi connectivity index (χ2n) is 6.28. The van der Waals surface area contributed by atoms with Gasteiger partial charge in [0.05, 0.1) is 5.56 Å². The molecule has 0 unspecified atom stereocenters. The maximum absolute atomic E-state index is 12.2. The van der Waals surface area contributed by atoms with Crippen molar-refractivity contribution in [2.45, 2.75) is 12.8 Å². The van der Waals surface area contributed by atoms with Gasteiger partial charge >= 0.3 is 5.97 Å². The number of nitrogens with zero attached hydrogens (tertiary/aromatic N) is 1. The fourth-order valence-corrected chi connectivity index (χ4v) is 2.90. The van der Waals surface area contributed by atoms with Gasteiger partial charge in [-0.05, 0) is 48.9 Å². The largest absolute Gasteiger partial charge is 0.452 e. The lowest BCUT2D eigenvalue weighted by atomic mass is 10.2. The van der Waals surface area contributed by atoms with Crippen LogP contribution in [0.2, 0.25) is 5.02 Å². The molecule has 9 heteroatoms. The maximum Gasteiger partial charge on any atom is 0.338 e. The highest BCUT2D eigenvalue weighted by Crippen LogP contribution is 2.22. The van der Waals surface area contributed by atoms with Crippen molar-refractivity contribution in [1.82, 2.24) is 10.9 Å². The van der Waals surface area contributed by atoms with E-state index in [1.54, 1.807) is 35.2 Å². The molecule has 2 aromatic carbocycles. The number of ether oxygens (including phenoxy) is 1. The van der Waals surface area contributed by atoms with Crippen LogP contribution in [0.3, 0.4) is 0 Å². The average molecular weight is 416 g/mol. The van der Waals surface area contributed by atoms with Crippen molar-refractivity contribution in [1.29, 1.82) is 0 Å². The standard InChI is InChI=1S/C20H18ClN3O5/c21-15-8-6-13(7-9-15)19(27)23-22-17(25)12-29-20(28)14-3-1-4-16(11-14)24-10-2-5-18(24)26/h1,3-4,6-9,11H,2,5,10,12H2,(H,22,25)(H,23,27). The molecular weight excluding hydrogens is 398 g/mol. The molecule has 1 saturated heterocycles. The van der Waals surface area contributed by atoms with Crippen LogP contribution in [0.4, 0.5) is 5.69 Å². The monoisotopic (exact) mass is 415 g/mol. The van der Waals surface area contributed by atoms with E-state index in [9.17, 15) is 19.2 Å².